The van der Waals surface area contributed by atoms with Gasteiger partial charge in [0, 0.05) is 9.75 Å². The van der Waals surface area contributed by atoms with Crippen molar-refractivity contribution in [1.29, 1.82) is 0 Å². The molecule has 1 rings (SSSR count). The number of hydrogen-bond acceptors (Lipinski definition) is 2. The lowest BCUT2D eigenvalue weighted by atomic mass is 10.1. The lowest BCUT2D eigenvalue weighted by Gasteiger charge is -2.26. The van der Waals surface area contributed by atoms with E-state index in [2.05, 4.69) is 15.9 Å². The van der Waals surface area contributed by atoms with Crippen LogP contribution in [-0.4, -0.2) is 9.94 Å². The first-order chi connectivity index (χ1) is 6.29. The molecular weight excluding hydrogens is 274 g/mol. The first-order valence-electron chi connectivity index (χ1n) is 4.17. The van der Waals surface area contributed by atoms with Crippen molar-refractivity contribution in [2.24, 2.45) is 0 Å². The first kappa shape index (κ1) is 12.1. The minimum absolute atomic E-state index is 0.274. The molecule has 0 aliphatic carbocycles. The maximum atomic E-state index is 13.0. The predicted octanol–water partition coefficient (Wildman–Crippen LogP) is 3.51. The van der Waals surface area contributed by atoms with Crippen LogP contribution >= 0.6 is 27.3 Å². The molecule has 1 N–H and O–H groups in total. The first-order valence-corrected chi connectivity index (χ1v) is 5.78. The fraction of sp³-hybridized carbons (Fsp3) is 0.556. The average molecular weight is 285 g/mol. The fourth-order valence-corrected chi connectivity index (χ4v) is 2.34. The number of aryl methyl sites for hydroxylation is 1. The van der Waals surface area contributed by atoms with Crippen molar-refractivity contribution in [3.63, 3.8) is 0 Å². The molecule has 80 valence electrons. The van der Waals surface area contributed by atoms with Crippen LogP contribution in [0.3, 0.4) is 0 Å². The second-order valence-corrected chi connectivity index (χ2v) is 5.35. The molecule has 1 nitrogen and oxygen atoms in total. The quantitative estimate of drug-likeness (QED) is 0.843. The van der Waals surface area contributed by atoms with Crippen LogP contribution in [-0.2, 0) is 12.0 Å². The maximum absolute atomic E-state index is 13.0. The number of halogens is 3. The topological polar surface area (TPSA) is 20.2 Å². The Hall–Kier alpha value is -0.000000000000000194. The zero-order chi connectivity index (χ0) is 11.0. The zero-order valence-corrected chi connectivity index (χ0v) is 10.3. The zero-order valence-electron chi connectivity index (χ0n) is 7.85. The number of thiophene rings is 1. The summed E-state index contributed by atoms with van der Waals surface area (Å²) in [6.07, 6.45) is 0.786. The summed E-state index contributed by atoms with van der Waals surface area (Å²) >= 11 is 3.40. The molecule has 1 aromatic rings. The summed E-state index contributed by atoms with van der Waals surface area (Å²) in [7, 11) is 0. The molecule has 1 heterocycles. The van der Waals surface area contributed by atoms with Gasteiger partial charge in [-0.2, -0.15) is 8.78 Å². The van der Waals surface area contributed by atoms with Crippen molar-refractivity contribution in [3.05, 3.63) is 21.9 Å². The maximum Gasteiger partial charge on any atom is 0.334 e. The normalized spacial score (nSPS) is 16.7. The summed E-state index contributed by atoms with van der Waals surface area (Å²) in [5.74, 6) is 0. The van der Waals surface area contributed by atoms with E-state index in [-0.39, 0.29) is 4.88 Å². The lowest BCUT2D eigenvalue weighted by molar-refractivity contribution is -0.106. The average Bonchev–Trinajstić information content (AvgIpc) is 2.49. The van der Waals surface area contributed by atoms with Crippen LogP contribution in [0.1, 0.15) is 23.6 Å². The number of aliphatic hydroxyl groups is 1. The minimum atomic E-state index is -3.31. The van der Waals surface area contributed by atoms with E-state index in [0.717, 1.165) is 18.2 Å². The van der Waals surface area contributed by atoms with Crippen molar-refractivity contribution < 1.29 is 13.9 Å². The van der Waals surface area contributed by atoms with Gasteiger partial charge in [0.25, 0.3) is 0 Å². The molecule has 0 saturated carbocycles. The Morgan fingerprint density at radius 2 is 2.07 bits per heavy atom. The monoisotopic (exact) mass is 284 g/mol. The number of alkyl halides is 3. The summed E-state index contributed by atoms with van der Waals surface area (Å²) in [6.45, 7) is 3.05. The summed E-state index contributed by atoms with van der Waals surface area (Å²) in [5.41, 5.74) is -2.15. The van der Waals surface area contributed by atoms with Crippen LogP contribution in [0, 0.1) is 0 Å². The number of rotatable bonds is 3. The van der Waals surface area contributed by atoms with E-state index in [1.165, 1.54) is 11.3 Å². The highest BCUT2D eigenvalue weighted by atomic mass is 79.9. The van der Waals surface area contributed by atoms with Gasteiger partial charge in [0.2, 0.25) is 0 Å². The molecule has 5 heteroatoms. The molecule has 1 atom stereocenters. The van der Waals surface area contributed by atoms with Crippen LogP contribution in [0.4, 0.5) is 8.78 Å². The van der Waals surface area contributed by atoms with Gasteiger partial charge >= 0.3 is 4.83 Å². The van der Waals surface area contributed by atoms with Gasteiger partial charge in [0.1, 0.15) is 0 Å². The van der Waals surface area contributed by atoms with Crippen molar-refractivity contribution in [2.75, 3.05) is 0 Å². The second-order valence-electron chi connectivity index (χ2n) is 3.19. The standard InChI is InChI=1S/C9H11BrF2OS/c1-3-6-4-5-7(14-6)8(2,13)9(10,11)12/h4-5,13H,3H2,1-2H3. The summed E-state index contributed by atoms with van der Waals surface area (Å²) in [6, 6.07) is 3.30. The Morgan fingerprint density at radius 1 is 1.50 bits per heavy atom. The minimum Gasteiger partial charge on any atom is -0.377 e. The van der Waals surface area contributed by atoms with Gasteiger partial charge in [-0.1, -0.05) is 6.92 Å². The molecule has 0 bridgehead atoms. The molecule has 0 saturated heterocycles. The summed E-state index contributed by atoms with van der Waals surface area (Å²) < 4.78 is 25.9. The van der Waals surface area contributed by atoms with Crippen molar-refractivity contribution in [2.45, 2.75) is 30.7 Å². The van der Waals surface area contributed by atoms with E-state index in [0.29, 0.717) is 0 Å². The molecule has 0 spiro atoms. The van der Waals surface area contributed by atoms with Crippen molar-refractivity contribution >= 4 is 27.3 Å². The van der Waals surface area contributed by atoms with Gasteiger partial charge in [-0.3, -0.25) is 0 Å². The summed E-state index contributed by atoms with van der Waals surface area (Å²) in [4.78, 5) is -2.05. The van der Waals surface area contributed by atoms with Crippen molar-refractivity contribution in [1.82, 2.24) is 0 Å². The highest BCUT2D eigenvalue weighted by Crippen LogP contribution is 2.44. The van der Waals surface area contributed by atoms with E-state index < -0.39 is 10.4 Å². The van der Waals surface area contributed by atoms with E-state index >= 15 is 0 Å². The molecule has 0 aliphatic rings. The van der Waals surface area contributed by atoms with Gasteiger partial charge in [0.15, 0.2) is 5.60 Å². The number of hydrogen-bond donors (Lipinski definition) is 1. The molecule has 1 aromatic heterocycles. The van der Waals surface area contributed by atoms with Gasteiger partial charge in [-0.25, -0.2) is 0 Å². The highest BCUT2D eigenvalue weighted by molar-refractivity contribution is 9.10. The third-order valence-corrected chi connectivity index (χ3v) is 4.25. The Bertz CT molecular complexity index is 317. The molecule has 14 heavy (non-hydrogen) atoms. The third kappa shape index (κ3) is 2.15. The van der Waals surface area contributed by atoms with Gasteiger partial charge in [-0.15, -0.1) is 11.3 Å². The SMILES string of the molecule is CCc1ccc(C(C)(O)C(F)(F)Br)s1. The molecule has 0 amide bonds. The Balaban J connectivity index is 3.04. The van der Waals surface area contributed by atoms with Crippen LogP contribution < -0.4 is 0 Å². The van der Waals surface area contributed by atoms with E-state index in [1.807, 2.05) is 6.92 Å². The Labute approximate surface area is 93.9 Å². The van der Waals surface area contributed by atoms with Crippen molar-refractivity contribution in [3.8, 4) is 0 Å². The summed E-state index contributed by atoms with van der Waals surface area (Å²) in [5, 5.41) is 9.64. The smallest absolute Gasteiger partial charge is 0.334 e. The third-order valence-electron chi connectivity index (χ3n) is 2.04. The second kappa shape index (κ2) is 3.87. The van der Waals surface area contributed by atoms with Crippen LogP contribution in [0.2, 0.25) is 0 Å². The van der Waals surface area contributed by atoms with E-state index in [4.69, 9.17) is 0 Å². The predicted molar refractivity (Wildman–Crippen MR) is 57.1 cm³/mol. The van der Waals surface area contributed by atoms with E-state index in [1.54, 1.807) is 12.1 Å². The van der Waals surface area contributed by atoms with Gasteiger partial charge in [0.05, 0.1) is 0 Å². The van der Waals surface area contributed by atoms with Crippen LogP contribution in [0.25, 0.3) is 0 Å². The lowest BCUT2D eigenvalue weighted by Crippen LogP contribution is -2.37. The van der Waals surface area contributed by atoms with Gasteiger partial charge in [-0.05, 0) is 41.4 Å². The highest BCUT2D eigenvalue weighted by Gasteiger charge is 2.48. The Kier molecular flexibility index (Phi) is 3.33. The molecule has 1 unspecified atom stereocenters. The fourth-order valence-electron chi connectivity index (χ4n) is 0.969. The molecular formula is C9H11BrF2OS. The largest absolute Gasteiger partial charge is 0.377 e. The van der Waals surface area contributed by atoms with Crippen LogP contribution in [0.15, 0.2) is 12.1 Å². The Morgan fingerprint density at radius 3 is 2.43 bits per heavy atom. The van der Waals surface area contributed by atoms with Crippen LogP contribution in [0.5, 0.6) is 0 Å². The molecule has 0 fully saturated rings. The molecule has 0 radical (unpaired) electrons. The van der Waals surface area contributed by atoms with E-state index in [9.17, 15) is 13.9 Å². The van der Waals surface area contributed by atoms with Gasteiger partial charge < -0.3 is 5.11 Å². The molecule has 0 aliphatic heterocycles. The molecule has 0 aromatic carbocycles.